The van der Waals surface area contributed by atoms with Gasteiger partial charge >= 0.3 is 17.9 Å². The second-order valence-corrected chi connectivity index (χ2v) is 13.5. The molecule has 0 amide bonds. The van der Waals surface area contributed by atoms with Crippen molar-refractivity contribution in [3.63, 3.8) is 0 Å². The number of carbonyl (C=O) groups excluding carboxylic acids is 3. The van der Waals surface area contributed by atoms with Gasteiger partial charge in [0, 0.05) is 30.9 Å². The van der Waals surface area contributed by atoms with Gasteiger partial charge in [-0.05, 0) is 72.5 Å². The molecule has 35 heavy (non-hydrogen) atoms. The number of fused-ring (bicyclic) bond motifs is 7. The highest BCUT2D eigenvalue weighted by Crippen LogP contribution is 2.73. The van der Waals surface area contributed by atoms with E-state index in [0.29, 0.717) is 18.3 Å². The van der Waals surface area contributed by atoms with Crippen LogP contribution in [0.15, 0.2) is 11.6 Å². The minimum absolute atomic E-state index is 0.0387. The van der Waals surface area contributed by atoms with Crippen molar-refractivity contribution in [3.8, 4) is 0 Å². The molecule has 6 heteroatoms. The molecule has 5 aliphatic rings. The standard InChI is InChI=1S/C29H42O6/c1-16(30)33-19-14-22-28(6)12-9-20-26(3,4)10-8-11-27(20,5)21(28)15-23(34-17(2)31)29(22,7)25-18(19)13-24(32)35-25/h13,19-23,25H,8-12,14-15H2,1-7H3/t19-,20?,21+,22-,23-,25-,27-,28+,29+/m0/s1. The van der Waals surface area contributed by atoms with Gasteiger partial charge in [-0.15, -0.1) is 0 Å². The zero-order chi connectivity index (χ0) is 25.6. The zero-order valence-electron chi connectivity index (χ0n) is 22.4. The van der Waals surface area contributed by atoms with E-state index in [4.69, 9.17) is 14.2 Å². The third-order valence-electron chi connectivity index (χ3n) is 11.4. The Balaban J connectivity index is 1.64. The molecule has 0 aromatic carbocycles. The Bertz CT molecular complexity index is 982. The smallest absolute Gasteiger partial charge is 0.331 e. The zero-order valence-corrected chi connectivity index (χ0v) is 22.4. The van der Waals surface area contributed by atoms with Gasteiger partial charge in [-0.1, -0.05) is 41.0 Å². The van der Waals surface area contributed by atoms with E-state index in [1.54, 1.807) is 0 Å². The number of carbonyl (C=O) groups is 3. The van der Waals surface area contributed by atoms with Crippen LogP contribution in [0.1, 0.15) is 93.4 Å². The van der Waals surface area contributed by atoms with Gasteiger partial charge in [0.25, 0.3) is 0 Å². The van der Waals surface area contributed by atoms with E-state index in [0.717, 1.165) is 18.4 Å². The molecular formula is C29H42O6. The van der Waals surface area contributed by atoms with Crippen LogP contribution in [0, 0.1) is 39.4 Å². The van der Waals surface area contributed by atoms with E-state index >= 15 is 0 Å². The van der Waals surface area contributed by atoms with Crippen LogP contribution in [0.25, 0.3) is 0 Å². The van der Waals surface area contributed by atoms with Crippen LogP contribution >= 0.6 is 0 Å². The second kappa shape index (κ2) is 7.82. The Labute approximate surface area is 209 Å². The van der Waals surface area contributed by atoms with Gasteiger partial charge in [0.1, 0.15) is 18.3 Å². The van der Waals surface area contributed by atoms with Crippen molar-refractivity contribution in [2.75, 3.05) is 0 Å². The Morgan fingerprint density at radius 3 is 2.20 bits per heavy atom. The maximum absolute atomic E-state index is 12.5. The number of hydrogen-bond acceptors (Lipinski definition) is 6. The molecule has 5 rings (SSSR count). The molecule has 4 aliphatic carbocycles. The molecule has 0 bridgehead atoms. The quantitative estimate of drug-likeness (QED) is 0.385. The van der Waals surface area contributed by atoms with Crippen molar-refractivity contribution >= 4 is 17.9 Å². The number of esters is 3. The number of rotatable bonds is 2. The van der Waals surface area contributed by atoms with Crippen LogP contribution < -0.4 is 0 Å². The summed E-state index contributed by atoms with van der Waals surface area (Å²) in [6.45, 7) is 14.8. The van der Waals surface area contributed by atoms with Crippen LogP contribution in [0.2, 0.25) is 0 Å². The topological polar surface area (TPSA) is 78.9 Å². The molecule has 6 nitrogen and oxygen atoms in total. The summed E-state index contributed by atoms with van der Waals surface area (Å²) in [5.41, 5.74) is 0.549. The van der Waals surface area contributed by atoms with Gasteiger partial charge in [-0.25, -0.2) is 4.79 Å². The Morgan fingerprint density at radius 2 is 1.54 bits per heavy atom. The largest absolute Gasteiger partial charge is 0.462 e. The highest BCUT2D eigenvalue weighted by atomic mass is 16.6. The highest BCUT2D eigenvalue weighted by Gasteiger charge is 2.71. The van der Waals surface area contributed by atoms with Crippen molar-refractivity contribution in [1.82, 2.24) is 0 Å². The first-order valence-corrected chi connectivity index (χ1v) is 13.5. The summed E-state index contributed by atoms with van der Waals surface area (Å²) in [4.78, 5) is 37.0. The average Bonchev–Trinajstić information content (AvgIpc) is 3.13. The van der Waals surface area contributed by atoms with E-state index in [2.05, 4.69) is 34.6 Å². The molecule has 0 radical (unpaired) electrons. The number of ether oxygens (including phenoxy) is 3. The Morgan fingerprint density at radius 1 is 0.886 bits per heavy atom. The maximum Gasteiger partial charge on any atom is 0.331 e. The van der Waals surface area contributed by atoms with Gasteiger partial charge in [0.2, 0.25) is 0 Å². The summed E-state index contributed by atoms with van der Waals surface area (Å²) >= 11 is 0. The Kier molecular flexibility index (Phi) is 5.55. The molecular weight excluding hydrogens is 444 g/mol. The van der Waals surface area contributed by atoms with Gasteiger partial charge in [0.15, 0.2) is 0 Å². The molecule has 194 valence electrons. The predicted octanol–water partition coefficient (Wildman–Crippen LogP) is 5.38. The minimum atomic E-state index is -0.570. The lowest BCUT2D eigenvalue weighted by atomic mass is 9.35. The third kappa shape index (κ3) is 3.44. The lowest BCUT2D eigenvalue weighted by molar-refractivity contribution is -0.259. The first-order chi connectivity index (χ1) is 16.2. The van der Waals surface area contributed by atoms with E-state index < -0.39 is 23.6 Å². The van der Waals surface area contributed by atoms with Crippen LogP contribution in [-0.2, 0) is 28.6 Å². The van der Waals surface area contributed by atoms with Gasteiger partial charge in [-0.3, -0.25) is 9.59 Å². The maximum atomic E-state index is 12.5. The molecule has 1 heterocycles. The van der Waals surface area contributed by atoms with Gasteiger partial charge in [-0.2, -0.15) is 0 Å². The summed E-state index contributed by atoms with van der Waals surface area (Å²) in [5.74, 6) is 0.0300. The van der Waals surface area contributed by atoms with Crippen LogP contribution in [0.3, 0.4) is 0 Å². The molecule has 1 unspecified atom stereocenters. The summed E-state index contributed by atoms with van der Waals surface area (Å²) in [7, 11) is 0. The van der Waals surface area contributed by atoms with E-state index in [9.17, 15) is 14.4 Å². The van der Waals surface area contributed by atoms with E-state index in [1.165, 1.54) is 45.6 Å². The highest BCUT2D eigenvalue weighted by molar-refractivity contribution is 5.86. The summed E-state index contributed by atoms with van der Waals surface area (Å²) in [6, 6.07) is 0. The summed E-state index contributed by atoms with van der Waals surface area (Å²) in [6.07, 6.45) is 7.44. The average molecular weight is 487 g/mol. The van der Waals surface area contributed by atoms with Crippen molar-refractivity contribution < 1.29 is 28.6 Å². The fraction of sp³-hybridized carbons (Fsp3) is 0.828. The second-order valence-electron chi connectivity index (χ2n) is 13.5. The van der Waals surface area contributed by atoms with Crippen LogP contribution in [0.5, 0.6) is 0 Å². The van der Waals surface area contributed by atoms with Gasteiger partial charge in [0.05, 0.1) is 0 Å². The van der Waals surface area contributed by atoms with Crippen molar-refractivity contribution in [2.45, 2.75) is 112 Å². The van der Waals surface area contributed by atoms with Gasteiger partial charge < -0.3 is 14.2 Å². The molecule has 1 aliphatic heterocycles. The van der Waals surface area contributed by atoms with Crippen molar-refractivity contribution in [1.29, 1.82) is 0 Å². The Hall–Kier alpha value is -1.85. The normalized spacial score (nSPS) is 47.7. The lowest BCUT2D eigenvalue weighted by Gasteiger charge is -2.70. The molecule has 0 saturated heterocycles. The monoisotopic (exact) mass is 486 g/mol. The molecule has 0 spiro atoms. The first-order valence-electron chi connectivity index (χ1n) is 13.5. The molecule has 0 aromatic rings. The fourth-order valence-electron chi connectivity index (χ4n) is 10.1. The number of hydrogen-bond donors (Lipinski definition) is 0. The van der Waals surface area contributed by atoms with E-state index in [1.807, 2.05) is 0 Å². The summed E-state index contributed by atoms with van der Waals surface area (Å²) in [5, 5.41) is 0. The van der Waals surface area contributed by atoms with E-state index in [-0.39, 0.29) is 40.2 Å². The van der Waals surface area contributed by atoms with Crippen LogP contribution in [0.4, 0.5) is 0 Å². The first kappa shape index (κ1) is 24.8. The van der Waals surface area contributed by atoms with Crippen LogP contribution in [-0.4, -0.2) is 36.2 Å². The SMILES string of the molecule is CC(=O)O[C@H]1C[C@H]2[C@]3(C)CCC4C(C)(C)CCC[C@]4(C)[C@H]3C[C@H](OC(C)=O)[C@]2(C)[C@H]2OC(=O)C=C12. The third-order valence-corrected chi connectivity index (χ3v) is 11.4. The molecule has 9 atom stereocenters. The van der Waals surface area contributed by atoms with Crippen molar-refractivity contribution in [3.05, 3.63) is 11.6 Å². The lowest BCUT2D eigenvalue weighted by Crippen LogP contribution is -2.69. The minimum Gasteiger partial charge on any atom is -0.462 e. The fourth-order valence-corrected chi connectivity index (χ4v) is 10.1. The van der Waals surface area contributed by atoms with Crippen molar-refractivity contribution in [2.24, 2.45) is 39.4 Å². The molecule has 4 saturated carbocycles. The molecule has 0 N–H and O–H groups in total. The molecule has 4 fully saturated rings. The molecule has 0 aromatic heterocycles. The summed E-state index contributed by atoms with van der Waals surface area (Å²) < 4.78 is 17.9. The predicted molar refractivity (Wildman–Crippen MR) is 130 cm³/mol.